The molecular weight excluding hydrogens is 451 g/mol. The highest BCUT2D eigenvalue weighted by Crippen LogP contribution is 2.57. The number of alkyl halides is 1. The van der Waals surface area contributed by atoms with Crippen LogP contribution in [0.1, 0.15) is 37.0 Å². The topological polar surface area (TPSA) is 81.8 Å². The van der Waals surface area contributed by atoms with Gasteiger partial charge in [-0.2, -0.15) is 5.10 Å². The lowest BCUT2D eigenvalue weighted by Crippen LogP contribution is -2.67. The number of rotatable bonds is 5. The molecule has 2 aliphatic heterocycles. The van der Waals surface area contributed by atoms with Gasteiger partial charge in [0, 0.05) is 48.8 Å². The molecule has 9 heteroatoms. The lowest BCUT2D eigenvalue weighted by molar-refractivity contribution is -0.0683. The summed E-state index contributed by atoms with van der Waals surface area (Å²) in [6.45, 7) is 5.27. The van der Waals surface area contributed by atoms with Gasteiger partial charge in [-0.1, -0.05) is 32.0 Å². The predicted molar refractivity (Wildman–Crippen MR) is 132 cm³/mol. The van der Waals surface area contributed by atoms with E-state index >= 15 is 0 Å². The fourth-order valence-electron chi connectivity index (χ4n) is 6.04. The Balaban J connectivity index is 0.000000689. The molecule has 2 saturated heterocycles. The number of hydrogen-bond acceptors (Lipinski definition) is 6. The molecule has 190 valence electrons. The Morgan fingerprint density at radius 2 is 2.03 bits per heavy atom. The minimum atomic E-state index is -0.476. The molecule has 4 heterocycles. The second-order valence-corrected chi connectivity index (χ2v) is 8.99. The Bertz CT molecular complexity index is 1160. The van der Waals surface area contributed by atoms with E-state index in [-0.39, 0.29) is 24.0 Å². The van der Waals surface area contributed by atoms with Gasteiger partial charge in [0.15, 0.2) is 0 Å². The van der Waals surface area contributed by atoms with Crippen LogP contribution in [0.3, 0.4) is 0 Å². The summed E-state index contributed by atoms with van der Waals surface area (Å²) < 4.78 is 27.9. The zero-order valence-electron chi connectivity index (χ0n) is 20.9. The van der Waals surface area contributed by atoms with Crippen LogP contribution >= 0.6 is 0 Å². The van der Waals surface area contributed by atoms with Crippen molar-refractivity contribution in [1.82, 2.24) is 19.2 Å². The third-order valence-corrected chi connectivity index (χ3v) is 7.47. The number of benzene rings is 1. The summed E-state index contributed by atoms with van der Waals surface area (Å²) in [6, 6.07) is 8.62. The van der Waals surface area contributed by atoms with Gasteiger partial charge in [-0.25, -0.2) is 9.18 Å². The van der Waals surface area contributed by atoms with E-state index in [4.69, 9.17) is 14.6 Å². The first-order valence-corrected chi connectivity index (χ1v) is 12.2. The van der Waals surface area contributed by atoms with Crippen LogP contribution in [0.2, 0.25) is 0 Å². The fourth-order valence-corrected chi connectivity index (χ4v) is 6.04. The molecule has 0 radical (unpaired) electrons. The summed E-state index contributed by atoms with van der Waals surface area (Å²) in [4.78, 5) is 15.6. The van der Waals surface area contributed by atoms with E-state index in [1.54, 1.807) is 23.3 Å². The van der Waals surface area contributed by atoms with E-state index in [0.29, 0.717) is 17.6 Å². The van der Waals surface area contributed by atoms with Crippen molar-refractivity contribution in [1.29, 1.82) is 0 Å². The lowest BCUT2D eigenvalue weighted by atomic mass is 9.69. The number of halogens is 1. The minimum Gasteiger partial charge on any atom is -0.459 e. The van der Waals surface area contributed by atoms with Crippen LogP contribution in [0.4, 0.5) is 4.39 Å². The first-order chi connectivity index (χ1) is 17.1. The number of likely N-dealkylation sites (tertiary alicyclic amines) is 1. The second-order valence-electron chi connectivity index (χ2n) is 8.99. The van der Waals surface area contributed by atoms with Gasteiger partial charge < -0.3 is 19.1 Å². The highest BCUT2D eigenvalue weighted by Gasteiger charge is 2.66. The van der Waals surface area contributed by atoms with E-state index in [1.165, 1.54) is 0 Å². The summed E-state index contributed by atoms with van der Waals surface area (Å²) >= 11 is 0. The van der Waals surface area contributed by atoms with Gasteiger partial charge in [0.05, 0.1) is 42.7 Å². The second kappa shape index (κ2) is 10.5. The number of carbonyl (C=O) groups is 1. The number of aliphatic hydroxyl groups is 1. The smallest absolute Gasteiger partial charge is 0.340 e. The molecule has 3 fully saturated rings. The number of para-hydroxylation sites is 1. The molecule has 1 aromatic carbocycles. The van der Waals surface area contributed by atoms with Crippen molar-refractivity contribution >= 4 is 16.9 Å². The molecule has 0 bridgehead atoms. The number of likely N-dealkylation sites (N-methyl/N-ethyl adjacent to an activating group) is 1. The Morgan fingerprint density at radius 3 is 2.80 bits per heavy atom. The van der Waals surface area contributed by atoms with Crippen LogP contribution in [0, 0.1) is 5.41 Å². The summed E-state index contributed by atoms with van der Waals surface area (Å²) in [5.41, 5.74) is 2.37. The summed E-state index contributed by atoms with van der Waals surface area (Å²) in [5, 5.41) is 12.0. The van der Waals surface area contributed by atoms with Gasteiger partial charge in [-0.3, -0.25) is 9.58 Å². The van der Waals surface area contributed by atoms with E-state index < -0.39 is 6.67 Å². The highest BCUT2D eigenvalue weighted by atomic mass is 19.1. The molecule has 2 aromatic heterocycles. The van der Waals surface area contributed by atoms with Crippen molar-refractivity contribution in [2.24, 2.45) is 5.41 Å². The summed E-state index contributed by atoms with van der Waals surface area (Å²) in [6.07, 6.45) is 6.90. The monoisotopic (exact) mass is 486 g/mol. The third-order valence-electron chi connectivity index (χ3n) is 7.47. The van der Waals surface area contributed by atoms with Crippen LogP contribution in [-0.4, -0.2) is 82.6 Å². The molecule has 1 spiro atoms. The van der Waals surface area contributed by atoms with Crippen molar-refractivity contribution < 1.29 is 23.8 Å². The summed E-state index contributed by atoms with van der Waals surface area (Å²) in [5.74, 6) is -0.299. The molecule has 3 aromatic rings. The molecular formula is C26H35FN4O4. The molecule has 3 aliphatic rings. The molecule has 4 atom stereocenters. The zero-order chi connectivity index (χ0) is 25.2. The lowest BCUT2D eigenvalue weighted by Gasteiger charge is -2.55. The van der Waals surface area contributed by atoms with Crippen molar-refractivity contribution in [3.8, 4) is 5.69 Å². The number of hydrogen-bond donors (Lipinski definition) is 1. The van der Waals surface area contributed by atoms with E-state index in [2.05, 4.69) is 17.0 Å². The number of esters is 1. The first kappa shape index (κ1) is 25.3. The molecule has 1 saturated carbocycles. The first-order valence-electron chi connectivity index (χ1n) is 12.2. The number of fused-ring (bicyclic) bond motifs is 1. The van der Waals surface area contributed by atoms with Gasteiger partial charge in [0.1, 0.15) is 12.8 Å². The van der Waals surface area contributed by atoms with Gasteiger partial charge in [0.2, 0.25) is 0 Å². The minimum absolute atomic E-state index is 0.0962. The maximum absolute atomic E-state index is 13.2. The fraction of sp³-hybridized carbons (Fsp3) is 0.538. The highest BCUT2D eigenvalue weighted by molar-refractivity contribution is 6.05. The average molecular weight is 487 g/mol. The molecule has 0 amide bonds. The van der Waals surface area contributed by atoms with Crippen LogP contribution < -0.4 is 0 Å². The maximum atomic E-state index is 13.2. The third kappa shape index (κ3) is 4.15. The van der Waals surface area contributed by atoms with Crippen LogP contribution in [0.5, 0.6) is 0 Å². The largest absolute Gasteiger partial charge is 0.459 e. The summed E-state index contributed by atoms with van der Waals surface area (Å²) in [7, 11) is 3.14. The number of ether oxygens (including phenoxy) is 2. The van der Waals surface area contributed by atoms with Crippen molar-refractivity contribution in [2.45, 2.75) is 51.4 Å². The normalized spacial score (nSPS) is 26.6. The van der Waals surface area contributed by atoms with Gasteiger partial charge in [-0.15, -0.1) is 0 Å². The van der Waals surface area contributed by atoms with Crippen molar-refractivity contribution in [3.63, 3.8) is 0 Å². The Morgan fingerprint density at radius 1 is 1.26 bits per heavy atom. The molecule has 1 aliphatic carbocycles. The molecule has 35 heavy (non-hydrogen) atoms. The Kier molecular flexibility index (Phi) is 7.59. The van der Waals surface area contributed by atoms with Gasteiger partial charge in [-0.05, 0) is 19.5 Å². The van der Waals surface area contributed by atoms with Crippen LogP contribution in [-0.2, 0) is 16.0 Å². The number of carbonyl (C=O) groups excluding carboxylic acids is 1. The zero-order valence-corrected chi connectivity index (χ0v) is 20.9. The van der Waals surface area contributed by atoms with Gasteiger partial charge in [0.25, 0.3) is 0 Å². The molecule has 1 N–H and O–H groups in total. The predicted octanol–water partition coefficient (Wildman–Crippen LogP) is 3.45. The Hall–Kier alpha value is -2.75. The van der Waals surface area contributed by atoms with E-state index in [0.717, 1.165) is 49.8 Å². The SMILES string of the molecule is CC.CN1C2COCC23CC(OC(=O)c2cn(-c4cnn(CCF)c4)c4ccccc24)CC13.CO. The van der Waals surface area contributed by atoms with E-state index in [1.807, 2.05) is 42.7 Å². The van der Waals surface area contributed by atoms with E-state index in [9.17, 15) is 9.18 Å². The van der Waals surface area contributed by atoms with Crippen LogP contribution in [0.25, 0.3) is 16.6 Å². The number of aryl methyl sites for hydroxylation is 1. The average Bonchev–Trinajstić information content (AvgIpc) is 3.66. The van der Waals surface area contributed by atoms with Crippen molar-refractivity contribution in [2.75, 3.05) is 34.0 Å². The molecule has 4 unspecified atom stereocenters. The molecule has 6 rings (SSSR count). The number of nitrogens with zero attached hydrogens (tertiary/aromatic N) is 4. The standard InChI is InChI=1S/C23H25FN4O3.C2H6.CH4O/c1-26-20-8-16(9-23(20)14-30-13-21(23)26)31-22(29)18-12-28(19-5-3-2-4-17(18)19)15-10-25-27(11-15)7-6-24;2*1-2/h2-5,10-12,16,20-21H,6-9,13-14H2,1H3;1-2H3;2H,1H3. The maximum Gasteiger partial charge on any atom is 0.340 e. The van der Waals surface area contributed by atoms with Gasteiger partial charge >= 0.3 is 5.97 Å². The Labute approximate surface area is 205 Å². The number of aliphatic hydroxyl groups excluding tert-OH is 1. The van der Waals surface area contributed by atoms with Crippen molar-refractivity contribution in [3.05, 3.63) is 48.4 Å². The quantitative estimate of drug-likeness (QED) is 0.557. The molecule has 8 nitrogen and oxygen atoms in total. The van der Waals surface area contributed by atoms with Crippen LogP contribution in [0.15, 0.2) is 42.9 Å². The number of aromatic nitrogens is 3.